The molecular weight excluding hydrogens is 266 g/mol. The van der Waals surface area contributed by atoms with Crippen LogP contribution < -0.4 is 10.1 Å². The largest absolute Gasteiger partial charge is 0.484 e. The number of fused-ring (bicyclic) bond motifs is 1. The number of carbonyl (C=O) groups is 2. The van der Waals surface area contributed by atoms with Crippen LogP contribution in [0.15, 0.2) is 18.2 Å². The summed E-state index contributed by atoms with van der Waals surface area (Å²) < 4.78 is 5.53. The smallest absolute Gasteiger partial charge is 0.258 e. The lowest BCUT2D eigenvalue weighted by atomic mass is 10.0. The third-order valence-electron chi connectivity index (χ3n) is 3.86. The zero-order valence-corrected chi connectivity index (χ0v) is 12.9. The molecule has 0 heterocycles. The third kappa shape index (κ3) is 4.06. The van der Waals surface area contributed by atoms with Crippen LogP contribution in [0.2, 0.25) is 0 Å². The van der Waals surface area contributed by atoms with Gasteiger partial charge < -0.3 is 10.1 Å². The summed E-state index contributed by atoms with van der Waals surface area (Å²) in [7, 11) is 0. The van der Waals surface area contributed by atoms with Crippen LogP contribution in [-0.4, -0.2) is 24.3 Å². The van der Waals surface area contributed by atoms with Gasteiger partial charge >= 0.3 is 0 Å². The van der Waals surface area contributed by atoms with E-state index in [2.05, 4.69) is 11.4 Å². The highest BCUT2D eigenvalue weighted by molar-refractivity contribution is 5.88. The van der Waals surface area contributed by atoms with Crippen LogP contribution in [0.5, 0.6) is 5.75 Å². The fraction of sp³-hybridized carbons (Fsp3) is 0.529. The first-order valence-electron chi connectivity index (χ1n) is 7.52. The van der Waals surface area contributed by atoms with Crippen molar-refractivity contribution in [2.24, 2.45) is 5.92 Å². The van der Waals surface area contributed by atoms with Gasteiger partial charge in [-0.3, -0.25) is 9.59 Å². The molecule has 1 aliphatic rings. The lowest BCUT2D eigenvalue weighted by Gasteiger charge is -2.19. The number of carbonyl (C=O) groups excluding carboxylic acids is 2. The average Bonchev–Trinajstić information content (AvgIpc) is 2.89. The van der Waals surface area contributed by atoms with E-state index in [1.54, 1.807) is 0 Å². The van der Waals surface area contributed by atoms with Gasteiger partial charge in [0.05, 0.1) is 6.04 Å². The van der Waals surface area contributed by atoms with Gasteiger partial charge in [0.15, 0.2) is 12.4 Å². The van der Waals surface area contributed by atoms with Crippen LogP contribution in [0, 0.1) is 5.92 Å². The number of aryl methyl sites for hydroxylation is 2. The molecule has 0 radical (unpaired) electrons. The van der Waals surface area contributed by atoms with Crippen molar-refractivity contribution < 1.29 is 14.3 Å². The summed E-state index contributed by atoms with van der Waals surface area (Å²) in [6.07, 6.45) is 3.40. The summed E-state index contributed by atoms with van der Waals surface area (Å²) in [6, 6.07) is 5.55. The number of ketones is 1. The summed E-state index contributed by atoms with van der Waals surface area (Å²) in [6.45, 7) is 5.25. The van der Waals surface area contributed by atoms with Crippen LogP contribution in [0.4, 0.5) is 0 Å². The molecule has 114 valence electrons. The van der Waals surface area contributed by atoms with E-state index in [1.807, 2.05) is 26.0 Å². The van der Waals surface area contributed by atoms with Crippen molar-refractivity contribution in [1.29, 1.82) is 0 Å². The number of hydrogen-bond acceptors (Lipinski definition) is 3. The number of ether oxygens (including phenoxy) is 1. The highest BCUT2D eigenvalue weighted by Crippen LogP contribution is 2.25. The van der Waals surface area contributed by atoms with Crippen molar-refractivity contribution in [3.63, 3.8) is 0 Å². The Labute approximate surface area is 125 Å². The minimum Gasteiger partial charge on any atom is -0.484 e. The number of Topliss-reactive ketones (excluding diaryl/α,β-unsaturated/α-hetero) is 1. The number of amides is 1. The first-order valence-corrected chi connectivity index (χ1v) is 7.52. The molecule has 0 bridgehead atoms. The summed E-state index contributed by atoms with van der Waals surface area (Å²) in [4.78, 5) is 23.3. The lowest BCUT2D eigenvalue weighted by Crippen LogP contribution is -2.45. The monoisotopic (exact) mass is 289 g/mol. The van der Waals surface area contributed by atoms with Gasteiger partial charge in [0.25, 0.3) is 5.91 Å². The van der Waals surface area contributed by atoms with E-state index in [9.17, 15) is 9.59 Å². The molecule has 1 amide bonds. The molecule has 0 aliphatic heterocycles. The molecule has 1 unspecified atom stereocenters. The van der Waals surface area contributed by atoms with Crippen LogP contribution >= 0.6 is 0 Å². The molecule has 1 aliphatic carbocycles. The topological polar surface area (TPSA) is 55.4 Å². The Kier molecular flexibility index (Phi) is 4.99. The number of rotatable bonds is 6. The van der Waals surface area contributed by atoms with Crippen LogP contribution in [-0.2, 0) is 22.4 Å². The maximum Gasteiger partial charge on any atom is 0.258 e. The molecule has 0 saturated carbocycles. The van der Waals surface area contributed by atoms with Crippen LogP contribution in [0.25, 0.3) is 0 Å². The van der Waals surface area contributed by atoms with Crippen molar-refractivity contribution >= 4 is 11.7 Å². The molecule has 4 nitrogen and oxygen atoms in total. The normalized spacial score (nSPS) is 14.7. The van der Waals surface area contributed by atoms with E-state index in [0.29, 0.717) is 0 Å². The number of nitrogens with one attached hydrogen (secondary N) is 1. The molecule has 1 aromatic carbocycles. The van der Waals surface area contributed by atoms with E-state index in [1.165, 1.54) is 24.5 Å². The van der Waals surface area contributed by atoms with Gasteiger partial charge in [0.1, 0.15) is 5.75 Å². The lowest BCUT2D eigenvalue weighted by molar-refractivity contribution is -0.129. The average molecular weight is 289 g/mol. The number of benzene rings is 1. The fourth-order valence-electron chi connectivity index (χ4n) is 2.74. The van der Waals surface area contributed by atoms with Crippen molar-refractivity contribution in [3.05, 3.63) is 29.3 Å². The molecule has 0 fully saturated rings. The van der Waals surface area contributed by atoms with E-state index >= 15 is 0 Å². The Morgan fingerprint density at radius 1 is 1.24 bits per heavy atom. The molecule has 0 spiro atoms. The van der Waals surface area contributed by atoms with Crippen molar-refractivity contribution in [2.75, 3.05) is 6.61 Å². The van der Waals surface area contributed by atoms with Gasteiger partial charge in [-0.15, -0.1) is 0 Å². The number of hydrogen-bond donors (Lipinski definition) is 1. The highest BCUT2D eigenvalue weighted by atomic mass is 16.5. The van der Waals surface area contributed by atoms with Gasteiger partial charge in [0, 0.05) is 0 Å². The Bertz CT molecular complexity index is 537. The second kappa shape index (κ2) is 6.74. The second-order valence-corrected chi connectivity index (χ2v) is 5.97. The van der Waals surface area contributed by atoms with Crippen LogP contribution in [0.1, 0.15) is 38.3 Å². The van der Waals surface area contributed by atoms with E-state index < -0.39 is 6.04 Å². The van der Waals surface area contributed by atoms with Gasteiger partial charge in [0.2, 0.25) is 0 Å². The predicted octanol–water partition coefficient (Wildman–Crippen LogP) is 2.28. The Morgan fingerprint density at radius 2 is 1.95 bits per heavy atom. The van der Waals surface area contributed by atoms with E-state index in [-0.39, 0.29) is 24.2 Å². The van der Waals surface area contributed by atoms with Crippen molar-refractivity contribution in [3.8, 4) is 5.75 Å². The molecule has 0 aromatic heterocycles. The van der Waals surface area contributed by atoms with Gasteiger partial charge in [-0.1, -0.05) is 19.9 Å². The van der Waals surface area contributed by atoms with Crippen molar-refractivity contribution in [2.45, 2.75) is 46.1 Å². The highest BCUT2D eigenvalue weighted by Gasteiger charge is 2.20. The SMILES string of the molecule is CC(=O)C(NC(=O)COc1ccc2c(c1)CCC2)C(C)C. The molecule has 1 atom stereocenters. The molecule has 1 N–H and O–H groups in total. The molecule has 0 saturated heterocycles. The fourth-order valence-corrected chi connectivity index (χ4v) is 2.74. The standard InChI is InChI=1S/C17H23NO3/c1-11(2)17(12(3)19)18-16(20)10-21-15-8-7-13-5-4-6-14(13)9-15/h7-9,11,17H,4-6,10H2,1-3H3,(H,18,20). The zero-order chi connectivity index (χ0) is 15.4. The maximum atomic E-state index is 11.9. The van der Waals surface area contributed by atoms with Crippen LogP contribution in [0.3, 0.4) is 0 Å². The summed E-state index contributed by atoms with van der Waals surface area (Å²) in [5.74, 6) is 0.501. The van der Waals surface area contributed by atoms with E-state index in [0.717, 1.165) is 18.6 Å². The summed E-state index contributed by atoms with van der Waals surface area (Å²) in [5.41, 5.74) is 2.69. The quantitative estimate of drug-likeness (QED) is 0.874. The zero-order valence-electron chi connectivity index (χ0n) is 12.9. The van der Waals surface area contributed by atoms with Crippen molar-refractivity contribution in [1.82, 2.24) is 5.32 Å². The van der Waals surface area contributed by atoms with E-state index in [4.69, 9.17) is 4.74 Å². The summed E-state index contributed by atoms with van der Waals surface area (Å²) in [5, 5.41) is 2.72. The van der Waals surface area contributed by atoms with Gasteiger partial charge in [-0.2, -0.15) is 0 Å². The minimum absolute atomic E-state index is 0.0316. The molecule has 21 heavy (non-hydrogen) atoms. The Morgan fingerprint density at radius 3 is 2.62 bits per heavy atom. The first-order chi connectivity index (χ1) is 9.97. The molecule has 1 aromatic rings. The Balaban J connectivity index is 1.88. The molecule has 2 rings (SSSR count). The third-order valence-corrected chi connectivity index (χ3v) is 3.86. The first kappa shape index (κ1) is 15.5. The minimum atomic E-state index is -0.443. The second-order valence-electron chi connectivity index (χ2n) is 5.97. The Hall–Kier alpha value is -1.84. The van der Waals surface area contributed by atoms with Gasteiger partial charge in [-0.25, -0.2) is 0 Å². The maximum absolute atomic E-state index is 11.9. The molecule has 4 heteroatoms. The predicted molar refractivity (Wildman–Crippen MR) is 81.4 cm³/mol. The summed E-state index contributed by atoms with van der Waals surface area (Å²) >= 11 is 0. The molecular formula is C17H23NO3. The van der Waals surface area contributed by atoms with Gasteiger partial charge in [-0.05, 0) is 55.4 Å².